The van der Waals surface area contributed by atoms with E-state index in [2.05, 4.69) is 9.97 Å². The Morgan fingerprint density at radius 2 is 1.89 bits per heavy atom. The Morgan fingerprint density at radius 3 is 2.52 bits per heavy atom. The monoisotopic (exact) mass is 390 g/mol. The molecule has 1 aromatic heterocycles. The summed E-state index contributed by atoms with van der Waals surface area (Å²) in [5, 5.41) is 0. The Balaban J connectivity index is 1.85. The maximum absolute atomic E-state index is 12.9. The molecule has 1 N–H and O–H groups in total. The highest BCUT2D eigenvalue weighted by Gasteiger charge is 2.30. The zero-order valence-corrected chi connectivity index (χ0v) is 16.1. The molecule has 144 valence electrons. The van der Waals surface area contributed by atoms with E-state index in [1.165, 1.54) is 34.9 Å². The van der Waals surface area contributed by atoms with Gasteiger partial charge in [-0.15, -0.1) is 0 Å². The summed E-state index contributed by atoms with van der Waals surface area (Å²) in [7, 11) is -3.77. The molecule has 0 atom stereocenters. The van der Waals surface area contributed by atoms with Crippen LogP contribution in [-0.4, -0.2) is 53.1 Å². The first-order valence-electron chi connectivity index (χ1n) is 8.83. The standard InChI is InChI=1S/C18H22N4O4S/c1-3-21(4-2)18(24)13-5-7-14(8-6-13)27(25,26)22-10-9-16-15(11-22)17(23)20-12-19-16/h5-8,12H,3-4,9-11H2,1-2H3,(H,19,20,23). The number of aromatic nitrogens is 2. The number of nitrogens with one attached hydrogen (secondary N) is 1. The average Bonchev–Trinajstić information content (AvgIpc) is 2.69. The van der Waals surface area contributed by atoms with Crippen LogP contribution in [0.3, 0.4) is 0 Å². The Hall–Kier alpha value is -2.52. The van der Waals surface area contributed by atoms with Gasteiger partial charge in [0.1, 0.15) is 0 Å². The zero-order valence-electron chi connectivity index (χ0n) is 15.3. The Bertz CT molecular complexity index is 995. The molecule has 0 radical (unpaired) electrons. The highest BCUT2D eigenvalue weighted by Crippen LogP contribution is 2.22. The Morgan fingerprint density at radius 1 is 1.22 bits per heavy atom. The molecule has 0 bridgehead atoms. The van der Waals surface area contributed by atoms with Crippen LogP contribution in [0.2, 0.25) is 0 Å². The van der Waals surface area contributed by atoms with Crippen molar-refractivity contribution in [3.8, 4) is 0 Å². The number of carbonyl (C=O) groups excluding carboxylic acids is 1. The SMILES string of the molecule is CCN(CC)C(=O)c1ccc(S(=O)(=O)N2CCc3nc[nH]c(=O)c3C2)cc1. The van der Waals surface area contributed by atoms with Gasteiger partial charge in [0.05, 0.1) is 22.5 Å². The molecule has 1 aromatic carbocycles. The minimum atomic E-state index is -3.77. The lowest BCUT2D eigenvalue weighted by Crippen LogP contribution is -2.39. The second-order valence-corrected chi connectivity index (χ2v) is 8.19. The Kier molecular flexibility index (Phi) is 5.43. The van der Waals surface area contributed by atoms with Crippen molar-refractivity contribution in [2.75, 3.05) is 19.6 Å². The molecule has 0 unspecified atom stereocenters. The summed E-state index contributed by atoms with van der Waals surface area (Å²) in [4.78, 5) is 32.7. The minimum absolute atomic E-state index is 0.0129. The molecule has 1 amide bonds. The first-order chi connectivity index (χ1) is 12.9. The summed E-state index contributed by atoms with van der Waals surface area (Å²) in [6.07, 6.45) is 1.72. The zero-order chi connectivity index (χ0) is 19.6. The molecule has 0 saturated heterocycles. The summed E-state index contributed by atoms with van der Waals surface area (Å²) < 4.78 is 27.1. The van der Waals surface area contributed by atoms with Gasteiger partial charge in [-0.2, -0.15) is 4.31 Å². The number of carbonyl (C=O) groups is 1. The van der Waals surface area contributed by atoms with E-state index in [9.17, 15) is 18.0 Å². The molecular formula is C18H22N4O4S. The second kappa shape index (κ2) is 7.61. The fourth-order valence-electron chi connectivity index (χ4n) is 3.15. The van der Waals surface area contributed by atoms with Gasteiger partial charge in [0, 0.05) is 38.2 Å². The summed E-state index contributed by atoms with van der Waals surface area (Å²) >= 11 is 0. The third-order valence-electron chi connectivity index (χ3n) is 4.76. The van der Waals surface area contributed by atoms with E-state index in [1.807, 2.05) is 13.8 Å². The van der Waals surface area contributed by atoms with Crippen molar-refractivity contribution in [2.24, 2.45) is 0 Å². The molecular weight excluding hydrogens is 368 g/mol. The molecule has 2 aromatic rings. The maximum Gasteiger partial charge on any atom is 0.255 e. The summed E-state index contributed by atoms with van der Waals surface area (Å²) in [5.41, 5.74) is 1.13. The number of fused-ring (bicyclic) bond motifs is 1. The molecule has 9 heteroatoms. The molecule has 27 heavy (non-hydrogen) atoms. The van der Waals surface area contributed by atoms with Gasteiger partial charge in [-0.05, 0) is 38.1 Å². The predicted octanol–water partition coefficient (Wildman–Crippen LogP) is 0.999. The van der Waals surface area contributed by atoms with Crippen LogP contribution in [0.4, 0.5) is 0 Å². The van der Waals surface area contributed by atoms with Gasteiger partial charge >= 0.3 is 0 Å². The van der Waals surface area contributed by atoms with Crippen LogP contribution in [-0.2, 0) is 23.0 Å². The first kappa shape index (κ1) is 19.2. The number of amides is 1. The maximum atomic E-state index is 12.9. The van der Waals surface area contributed by atoms with Crippen LogP contribution in [0.1, 0.15) is 35.5 Å². The molecule has 2 heterocycles. The molecule has 8 nitrogen and oxygen atoms in total. The largest absolute Gasteiger partial charge is 0.339 e. The number of benzene rings is 1. The molecule has 0 aliphatic carbocycles. The molecule has 0 spiro atoms. The fraction of sp³-hybridized carbons (Fsp3) is 0.389. The number of nitrogens with zero attached hydrogens (tertiary/aromatic N) is 3. The average molecular weight is 390 g/mol. The number of hydrogen-bond donors (Lipinski definition) is 1. The van der Waals surface area contributed by atoms with Crippen molar-refractivity contribution in [1.29, 1.82) is 0 Å². The number of hydrogen-bond acceptors (Lipinski definition) is 5. The van der Waals surface area contributed by atoms with Crippen LogP contribution in [0.15, 0.2) is 40.3 Å². The van der Waals surface area contributed by atoms with Crippen molar-refractivity contribution >= 4 is 15.9 Å². The quantitative estimate of drug-likeness (QED) is 0.820. The van der Waals surface area contributed by atoms with Gasteiger partial charge in [-0.25, -0.2) is 13.4 Å². The molecule has 0 saturated carbocycles. The van der Waals surface area contributed by atoms with Crippen LogP contribution in [0.5, 0.6) is 0 Å². The van der Waals surface area contributed by atoms with E-state index in [1.54, 1.807) is 4.90 Å². The van der Waals surface area contributed by atoms with Crippen molar-refractivity contribution in [2.45, 2.75) is 31.7 Å². The van der Waals surface area contributed by atoms with E-state index < -0.39 is 10.0 Å². The highest BCUT2D eigenvalue weighted by molar-refractivity contribution is 7.89. The number of H-pyrrole nitrogens is 1. The van der Waals surface area contributed by atoms with Gasteiger partial charge < -0.3 is 9.88 Å². The van der Waals surface area contributed by atoms with E-state index in [0.717, 1.165) is 0 Å². The molecule has 0 fully saturated rings. The van der Waals surface area contributed by atoms with Gasteiger partial charge in [-0.1, -0.05) is 0 Å². The normalized spacial score (nSPS) is 14.6. The summed E-state index contributed by atoms with van der Waals surface area (Å²) in [5.74, 6) is -0.131. The topological polar surface area (TPSA) is 103 Å². The van der Waals surface area contributed by atoms with E-state index in [0.29, 0.717) is 36.3 Å². The number of sulfonamides is 1. The van der Waals surface area contributed by atoms with E-state index in [-0.39, 0.29) is 29.5 Å². The second-order valence-electron chi connectivity index (χ2n) is 6.25. The summed E-state index contributed by atoms with van der Waals surface area (Å²) in [6, 6.07) is 5.93. The van der Waals surface area contributed by atoms with Crippen LogP contribution in [0, 0.1) is 0 Å². The first-order valence-corrected chi connectivity index (χ1v) is 10.3. The lowest BCUT2D eigenvalue weighted by atomic mass is 10.1. The summed E-state index contributed by atoms with van der Waals surface area (Å²) in [6.45, 7) is 5.21. The lowest BCUT2D eigenvalue weighted by molar-refractivity contribution is 0.0773. The lowest BCUT2D eigenvalue weighted by Gasteiger charge is -2.26. The molecule has 1 aliphatic rings. The van der Waals surface area contributed by atoms with Gasteiger partial charge in [0.15, 0.2) is 0 Å². The van der Waals surface area contributed by atoms with Crippen molar-refractivity contribution in [1.82, 2.24) is 19.2 Å². The van der Waals surface area contributed by atoms with Gasteiger partial charge in [0.2, 0.25) is 10.0 Å². The fourth-order valence-corrected chi connectivity index (χ4v) is 4.56. The van der Waals surface area contributed by atoms with Gasteiger partial charge in [-0.3, -0.25) is 9.59 Å². The molecule has 1 aliphatic heterocycles. The smallest absolute Gasteiger partial charge is 0.255 e. The predicted molar refractivity (Wildman–Crippen MR) is 99.9 cm³/mol. The van der Waals surface area contributed by atoms with Crippen molar-refractivity contribution < 1.29 is 13.2 Å². The van der Waals surface area contributed by atoms with Crippen molar-refractivity contribution in [3.05, 3.63) is 57.8 Å². The third-order valence-corrected chi connectivity index (χ3v) is 6.62. The van der Waals surface area contributed by atoms with Crippen LogP contribution < -0.4 is 5.56 Å². The van der Waals surface area contributed by atoms with Crippen LogP contribution in [0.25, 0.3) is 0 Å². The van der Waals surface area contributed by atoms with E-state index in [4.69, 9.17) is 0 Å². The highest BCUT2D eigenvalue weighted by atomic mass is 32.2. The Labute approximate surface area is 157 Å². The van der Waals surface area contributed by atoms with E-state index >= 15 is 0 Å². The number of rotatable bonds is 5. The van der Waals surface area contributed by atoms with Gasteiger partial charge in [0.25, 0.3) is 11.5 Å². The van der Waals surface area contributed by atoms with Crippen LogP contribution >= 0.6 is 0 Å². The minimum Gasteiger partial charge on any atom is -0.339 e. The van der Waals surface area contributed by atoms with Crippen molar-refractivity contribution in [3.63, 3.8) is 0 Å². The number of aromatic amines is 1. The molecule has 3 rings (SSSR count). The third kappa shape index (κ3) is 3.65.